The van der Waals surface area contributed by atoms with Crippen LogP contribution in [0.15, 0.2) is 24.3 Å². The van der Waals surface area contributed by atoms with Gasteiger partial charge in [0.15, 0.2) is 5.69 Å². The number of aliphatic carboxylic acids is 1. The van der Waals surface area contributed by atoms with Gasteiger partial charge in [-0.15, -0.1) is 0 Å². The Morgan fingerprint density at radius 3 is 2.29 bits per heavy atom. The third-order valence-electron chi connectivity index (χ3n) is 2.91. The molecular formula is C15H15F3N4O2. The van der Waals surface area contributed by atoms with E-state index in [9.17, 15) is 18.0 Å². The predicted molar refractivity (Wildman–Crippen MR) is 82.4 cm³/mol. The highest BCUT2D eigenvalue weighted by atomic mass is 19.4. The van der Waals surface area contributed by atoms with Crippen LogP contribution < -0.4 is 10.6 Å². The van der Waals surface area contributed by atoms with Crippen molar-refractivity contribution in [1.82, 2.24) is 9.97 Å². The number of anilines is 3. The Hall–Kier alpha value is -2.84. The summed E-state index contributed by atoms with van der Waals surface area (Å²) in [6, 6.07) is 6.20. The number of aryl methyl sites for hydroxylation is 2. The van der Waals surface area contributed by atoms with Crippen LogP contribution in [0, 0.1) is 13.8 Å². The largest absolute Gasteiger partial charge is 0.480 e. The van der Waals surface area contributed by atoms with Crippen LogP contribution >= 0.6 is 0 Å². The fourth-order valence-electron chi connectivity index (χ4n) is 2.08. The number of halogens is 3. The summed E-state index contributed by atoms with van der Waals surface area (Å²) < 4.78 is 38.9. The molecule has 0 amide bonds. The van der Waals surface area contributed by atoms with Crippen LogP contribution in [0.3, 0.4) is 0 Å². The maximum absolute atomic E-state index is 13.0. The van der Waals surface area contributed by atoms with Gasteiger partial charge in [-0.2, -0.15) is 18.2 Å². The molecule has 128 valence electrons. The lowest BCUT2D eigenvalue weighted by molar-refractivity contribution is -0.141. The Morgan fingerprint density at radius 1 is 1.12 bits per heavy atom. The first-order valence-electron chi connectivity index (χ1n) is 6.91. The first kappa shape index (κ1) is 17.5. The molecule has 6 nitrogen and oxygen atoms in total. The highest BCUT2D eigenvalue weighted by Gasteiger charge is 2.33. The van der Waals surface area contributed by atoms with Crippen molar-refractivity contribution >= 4 is 23.4 Å². The van der Waals surface area contributed by atoms with Gasteiger partial charge >= 0.3 is 12.1 Å². The zero-order chi connectivity index (χ0) is 17.9. The second-order valence-corrected chi connectivity index (χ2v) is 5.21. The third kappa shape index (κ3) is 4.83. The molecule has 2 aromatic rings. The predicted octanol–water partition coefficient (Wildman–Crippen LogP) is 3.35. The molecule has 2 rings (SSSR count). The van der Waals surface area contributed by atoms with Gasteiger partial charge in [-0.3, -0.25) is 4.79 Å². The topological polar surface area (TPSA) is 87.1 Å². The minimum absolute atomic E-state index is 0.0878. The summed E-state index contributed by atoms with van der Waals surface area (Å²) in [5.41, 5.74) is 1.28. The lowest BCUT2D eigenvalue weighted by atomic mass is 10.1. The summed E-state index contributed by atoms with van der Waals surface area (Å²) in [6.45, 7) is 3.13. The molecule has 0 saturated heterocycles. The number of aromatic nitrogens is 2. The van der Waals surface area contributed by atoms with Crippen molar-refractivity contribution in [3.63, 3.8) is 0 Å². The molecule has 3 N–H and O–H groups in total. The van der Waals surface area contributed by atoms with Crippen LogP contribution in [-0.2, 0) is 11.0 Å². The van der Waals surface area contributed by atoms with Crippen LogP contribution in [-0.4, -0.2) is 27.6 Å². The van der Waals surface area contributed by atoms with E-state index in [-0.39, 0.29) is 5.82 Å². The maximum atomic E-state index is 13.0. The molecule has 0 atom stereocenters. The summed E-state index contributed by atoms with van der Waals surface area (Å²) in [5, 5.41) is 13.6. The van der Waals surface area contributed by atoms with Gasteiger partial charge in [-0.05, 0) is 37.1 Å². The zero-order valence-electron chi connectivity index (χ0n) is 12.9. The number of hydrogen-bond donors (Lipinski definition) is 3. The van der Waals surface area contributed by atoms with Crippen molar-refractivity contribution in [3.8, 4) is 0 Å². The minimum Gasteiger partial charge on any atom is -0.480 e. The molecule has 0 aliphatic carbocycles. The molecule has 9 heteroatoms. The van der Waals surface area contributed by atoms with Crippen molar-refractivity contribution in [3.05, 3.63) is 41.1 Å². The first-order chi connectivity index (χ1) is 11.1. The van der Waals surface area contributed by atoms with E-state index in [0.717, 1.165) is 17.2 Å². The van der Waals surface area contributed by atoms with Gasteiger partial charge in [0.1, 0.15) is 12.4 Å². The average molecular weight is 340 g/mol. The first-order valence-corrected chi connectivity index (χ1v) is 6.91. The molecule has 1 aromatic heterocycles. The number of benzene rings is 1. The zero-order valence-corrected chi connectivity index (χ0v) is 12.9. The lowest BCUT2D eigenvalue weighted by Gasteiger charge is -2.13. The Morgan fingerprint density at radius 2 is 1.75 bits per heavy atom. The number of nitrogens with zero attached hydrogens (tertiary/aromatic N) is 2. The number of rotatable bonds is 5. The Balaban J connectivity index is 2.36. The van der Waals surface area contributed by atoms with Gasteiger partial charge in [0.25, 0.3) is 0 Å². The van der Waals surface area contributed by atoms with Gasteiger partial charge in [0.05, 0.1) is 0 Å². The van der Waals surface area contributed by atoms with Crippen molar-refractivity contribution in [2.75, 3.05) is 17.2 Å². The monoisotopic (exact) mass is 340 g/mol. The summed E-state index contributed by atoms with van der Waals surface area (Å²) in [6.07, 6.45) is -4.68. The van der Waals surface area contributed by atoms with Crippen LogP contribution in [0.2, 0.25) is 0 Å². The second-order valence-electron chi connectivity index (χ2n) is 5.21. The number of alkyl halides is 3. The fourth-order valence-corrected chi connectivity index (χ4v) is 2.08. The summed E-state index contributed by atoms with van der Waals surface area (Å²) in [7, 11) is 0. The van der Waals surface area contributed by atoms with Gasteiger partial charge in [-0.25, -0.2) is 4.98 Å². The van der Waals surface area contributed by atoms with E-state index < -0.39 is 30.3 Å². The van der Waals surface area contributed by atoms with Gasteiger partial charge in [-0.1, -0.05) is 6.07 Å². The van der Waals surface area contributed by atoms with E-state index in [1.165, 1.54) is 0 Å². The van der Waals surface area contributed by atoms with E-state index in [4.69, 9.17) is 5.11 Å². The standard InChI is InChI=1S/C15H15F3N4O2/c1-8-3-9(2)5-10(4-8)20-12-6-11(15(16,17)18)21-14(22-12)19-7-13(23)24/h3-6H,7H2,1-2H3,(H,23,24)(H2,19,20,21,22). The lowest BCUT2D eigenvalue weighted by Crippen LogP contribution is -2.17. The Kier molecular flexibility index (Phi) is 4.91. The van der Waals surface area contributed by atoms with E-state index >= 15 is 0 Å². The summed E-state index contributed by atoms with van der Waals surface area (Å²) >= 11 is 0. The van der Waals surface area contributed by atoms with E-state index in [2.05, 4.69) is 20.6 Å². The SMILES string of the molecule is Cc1cc(C)cc(Nc2cc(C(F)(F)F)nc(NCC(=O)O)n2)c1. The number of hydrogen-bond acceptors (Lipinski definition) is 5. The number of carboxylic acid groups (broad SMARTS) is 1. The summed E-state index contributed by atoms with van der Waals surface area (Å²) in [5.74, 6) is -1.74. The highest BCUT2D eigenvalue weighted by Crippen LogP contribution is 2.30. The molecule has 24 heavy (non-hydrogen) atoms. The Bertz CT molecular complexity index is 743. The molecule has 1 aromatic carbocycles. The molecule has 0 saturated carbocycles. The van der Waals surface area contributed by atoms with E-state index in [0.29, 0.717) is 5.69 Å². The number of nitrogens with one attached hydrogen (secondary N) is 2. The maximum Gasteiger partial charge on any atom is 0.433 e. The Labute approximate surface area is 135 Å². The summed E-state index contributed by atoms with van der Waals surface area (Å²) in [4.78, 5) is 17.7. The quantitative estimate of drug-likeness (QED) is 0.774. The number of carbonyl (C=O) groups is 1. The molecule has 0 bridgehead atoms. The van der Waals surface area contributed by atoms with Gasteiger partial charge in [0.2, 0.25) is 5.95 Å². The minimum atomic E-state index is -4.68. The fraction of sp³-hybridized carbons (Fsp3) is 0.267. The van der Waals surface area contributed by atoms with E-state index in [1.54, 1.807) is 12.1 Å². The average Bonchev–Trinajstić information content (AvgIpc) is 2.42. The van der Waals surface area contributed by atoms with Crippen LogP contribution in [0.1, 0.15) is 16.8 Å². The van der Waals surface area contributed by atoms with Crippen LogP contribution in [0.25, 0.3) is 0 Å². The molecule has 0 fully saturated rings. The van der Waals surface area contributed by atoms with Crippen LogP contribution in [0.5, 0.6) is 0 Å². The molecule has 0 aliphatic rings. The van der Waals surface area contributed by atoms with Crippen molar-refractivity contribution in [2.45, 2.75) is 20.0 Å². The number of carboxylic acids is 1. The molecular weight excluding hydrogens is 325 g/mol. The molecule has 1 heterocycles. The second kappa shape index (κ2) is 6.73. The highest BCUT2D eigenvalue weighted by molar-refractivity contribution is 5.72. The van der Waals surface area contributed by atoms with E-state index in [1.807, 2.05) is 19.9 Å². The third-order valence-corrected chi connectivity index (χ3v) is 2.91. The van der Waals surface area contributed by atoms with Crippen molar-refractivity contribution in [1.29, 1.82) is 0 Å². The van der Waals surface area contributed by atoms with Crippen LogP contribution in [0.4, 0.5) is 30.6 Å². The van der Waals surface area contributed by atoms with Crippen molar-refractivity contribution in [2.24, 2.45) is 0 Å². The van der Waals surface area contributed by atoms with Crippen molar-refractivity contribution < 1.29 is 23.1 Å². The molecule has 0 unspecified atom stereocenters. The molecule has 0 spiro atoms. The smallest absolute Gasteiger partial charge is 0.433 e. The van der Waals surface area contributed by atoms with Gasteiger partial charge in [0, 0.05) is 11.8 Å². The van der Waals surface area contributed by atoms with Gasteiger partial charge < -0.3 is 15.7 Å². The normalized spacial score (nSPS) is 11.2. The molecule has 0 radical (unpaired) electrons. The molecule has 0 aliphatic heterocycles.